The van der Waals surface area contributed by atoms with Gasteiger partial charge in [-0.1, -0.05) is 24.3 Å². The Bertz CT molecular complexity index is 885. The molecule has 6 atom stereocenters. The zero-order valence-electron chi connectivity index (χ0n) is 15.8. The molecule has 1 aromatic carbocycles. The normalized spacial score (nSPS) is 48.1. The number of anilines is 1. The van der Waals surface area contributed by atoms with Gasteiger partial charge in [-0.15, -0.1) is 0 Å². The van der Waals surface area contributed by atoms with Gasteiger partial charge in [0.1, 0.15) is 18.1 Å². The number of hydrogen-bond acceptors (Lipinski definition) is 4. The summed E-state index contributed by atoms with van der Waals surface area (Å²) < 4.78 is 0.550. The number of fused-ring (bicyclic) bond motifs is 3. The van der Waals surface area contributed by atoms with Gasteiger partial charge in [0, 0.05) is 18.0 Å². The summed E-state index contributed by atoms with van der Waals surface area (Å²) in [6.45, 7) is 2.96. The second-order valence-corrected chi connectivity index (χ2v) is 8.97. The molecule has 4 N–H and O–H groups in total. The summed E-state index contributed by atoms with van der Waals surface area (Å²) in [5.74, 6) is -1.35. The Morgan fingerprint density at radius 1 is 1.41 bits per heavy atom. The molecular weight excluding hydrogens is 344 g/mol. The molecule has 6 rings (SSSR count). The lowest BCUT2D eigenvalue weighted by Gasteiger charge is -2.58. The summed E-state index contributed by atoms with van der Waals surface area (Å²) >= 11 is 0. The Morgan fingerprint density at radius 2 is 2.15 bits per heavy atom. The number of aliphatic hydroxyl groups excluding tert-OH is 2. The topological polar surface area (TPSA) is 89.8 Å². The van der Waals surface area contributed by atoms with E-state index < -0.39 is 35.2 Å². The first-order chi connectivity index (χ1) is 12.8. The predicted molar refractivity (Wildman–Crippen MR) is 100 cm³/mol. The number of para-hydroxylation sites is 1. The molecule has 144 valence electrons. The summed E-state index contributed by atoms with van der Waals surface area (Å²) in [4.78, 5) is 13.0. The molecule has 0 amide bonds. The SMILES string of the molecule is C/C=C1/C[N+]2(C)CC[C@@]34c5ccccc5NC32C(O)C[C@@H]1[C@@]4(CO)C(=O)O. The Morgan fingerprint density at radius 3 is 2.81 bits per heavy atom. The minimum Gasteiger partial charge on any atom is -0.481 e. The van der Waals surface area contributed by atoms with Crippen LogP contribution in [-0.4, -0.2) is 64.3 Å². The van der Waals surface area contributed by atoms with Gasteiger partial charge >= 0.3 is 5.97 Å². The number of carbonyl (C=O) groups is 1. The lowest BCUT2D eigenvalue weighted by molar-refractivity contribution is -0.944. The van der Waals surface area contributed by atoms with Gasteiger partial charge < -0.3 is 20.6 Å². The summed E-state index contributed by atoms with van der Waals surface area (Å²) in [7, 11) is 2.13. The van der Waals surface area contributed by atoms with Crippen molar-refractivity contribution in [2.75, 3.05) is 32.1 Å². The molecule has 1 aromatic rings. The monoisotopic (exact) mass is 371 g/mol. The number of aliphatic carboxylic acids is 1. The van der Waals surface area contributed by atoms with Crippen LogP contribution in [0.25, 0.3) is 0 Å². The van der Waals surface area contributed by atoms with Crippen LogP contribution in [0.4, 0.5) is 5.69 Å². The maximum absolute atomic E-state index is 13.0. The number of benzene rings is 1. The Labute approximate surface area is 158 Å². The Hall–Kier alpha value is -1.89. The first-order valence-corrected chi connectivity index (χ1v) is 9.74. The maximum atomic E-state index is 13.0. The van der Waals surface area contributed by atoms with Crippen LogP contribution >= 0.6 is 0 Å². The van der Waals surface area contributed by atoms with Crippen LogP contribution in [-0.2, 0) is 10.2 Å². The van der Waals surface area contributed by atoms with Crippen molar-refractivity contribution in [3.05, 3.63) is 41.5 Å². The molecule has 0 radical (unpaired) electrons. The van der Waals surface area contributed by atoms with Crippen molar-refractivity contribution in [3.8, 4) is 0 Å². The number of rotatable bonds is 2. The number of nitrogens with one attached hydrogen (secondary N) is 1. The highest BCUT2D eigenvalue weighted by atomic mass is 16.4. The molecule has 27 heavy (non-hydrogen) atoms. The minimum atomic E-state index is -1.36. The summed E-state index contributed by atoms with van der Waals surface area (Å²) in [6.07, 6.45) is 2.29. The number of nitrogens with zero attached hydrogens (tertiary/aromatic N) is 1. The molecule has 3 unspecified atom stereocenters. The Balaban J connectivity index is 1.97. The zero-order chi connectivity index (χ0) is 19.2. The van der Waals surface area contributed by atoms with Crippen LogP contribution in [0.1, 0.15) is 25.3 Å². The average Bonchev–Trinajstić information content (AvgIpc) is 3.06. The molecule has 1 aliphatic carbocycles. The first kappa shape index (κ1) is 17.2. The predicted octanol–water partition coefficient (Wildman–Crippen LogP) is 1.30. The number of carboxylic acid groups (broad SMARTS) is 1. The van der Waals surface area contributed by atoms with Crippen LogP contribution < -0.4 is 5.32 Å². The van der Waals surface area contributed by atoms with E-state index in [-0.39, 0.29) is 5.92 Å². The fourth-order valence-electron chi connectivity index (χ4n) is 7.54. The third-order valence-corrected chi connectivity index (χ3v) is 8.47. The van der Waals surface area contributed by atoms with E-state index in [1.165, 1.54) is 0 Å². The van der Waals surface area contributed by atoms with Gasteiger partial charge in [0.2, 0.25) is 5.66 Å². The molecule has 4 heterocycles. The maximum Gasteiger partial charge on any atom is 0.313 e. The van der Waals surface area contributed by atoms with Crippen LogP contribution in [0.2, 0.25) is 0 Å². The molecule has 3 saturated heterocycles. The summed E-state index contributed by atoms with van der Waals surface area (Å²) in [6, 6.07) is 7.83. The lowest BCUT2D eigenvalue weighted by atomic mass is 9.45. The van der Waals surface area contributed by atoms with E-state index >= 15 is 0 Å². The number of carboxylic acids is 1. The molecule has 4 aliphatic heterocycles. The molecule has 6 heteroatoms. The first-order valence-electron chi connectivity index (χ1n) is 9.74. The quantitative estimate of drug-likeness (QED) is 0.465. The van der Waals surface area contributed by atoms with Crippen LogP contribution in [0.3, 0.4) is 0 Å². The highest BCUT2D eigenvalue weighted by molar-refractivity contribution is 5.84. The van der Waals surface area contributed by atoms with Gasteiger partial charge in [0.05, 0.1) is 25.6 Å². The zero-order valence-corrected chi connectivity index (χ0v) is 15.8. The average molecular weight is 371 g/mol. The fraction of sp³-hybridized carbons (Fsp3) is 0.571. The molecule has 0 aromatic heterocycles. The van der Waals surface area contributed by atoms with Gasteiger partial charge in [-0.05, 0) is 30.5 Å². The van der Waals surface area contributed by atoms with E-state index in [0.29, 0.717) is 23.9 Å². The number of allylic oxidation sites excluding steroid dienone is 1. The van der Waals surface area contributed by atoms with E-state index in [4.69, 9.17) is 0 Å². The number of aliphatic hydroxyl groups is 2. The van der Waals surface area contributed by atoms with Gasteiger partial charge in [-0.3, -0.25) is 9.28 Å². The van der Waals surface area contributed by atoms with Crippen molar-refractivity contribution in [1.82, 2.24) is 0 Å². The molecule has 6 nitrogen and oxygen atoms in total. The van der Waals surface area contributed by atoms with Crippen molar-refractivity contribution in [3.63, 3.8) is 0 Å². The van der Waals surface area contributed by atoms with Crippen molar-refractivity contribution >= 4 is 11.7 Å². The van der Waals surface area contributed by atoms with Gasteiger partial charge in [0.25, 0.3) is 0 Å². The van der Waals surface area contributed by atoms with Crippen LogP contribution in [0.15, 0.2) is 35.9 Å². The number of hydrogen-bond donors (Lipinski definition) is 4. The van der Waals surface area contributed by atoms with E-state index in [1.54, 1.807) is 0 Å². The third kappa shape index (κ3) is 1.45. The summed E-state index contributed by atoms with van der Waals surface area (Å²) in [5, 5.41) is 36.4. The lowest BCUT2D eigenvalue weighted by Crippen LogP contribution is -2.78. The third-order valence-electron chi connectivity index (χ3n) is 8.47. The highest BCUT2D eigenvalue weighted by Crippen LogP contribution is 2.73. The van der Waals surface area contributed by atoms with Gasteiger partial charge in [0.15, 0.2) is 0 Å². The van der Waals surface area contributed by atoms with E-state index in [2.05, 4.69) is 12.4 Å². The molecule has 1 saturated carbocycles. The van der Waals surface area contributed by atoms with Gasteiger partial charge in [-0.25, -0.2) is 0 Å². The van der Waals surface area contributed by atoms with E-state index in [0.717, 1.165) is 23.4 Å². The largest absolute Gasteiger partial charge is 0.481 e. The highest BCUT2D eigenvalue weighted by Gasteiger charge is 2.87. The number of likely N-dealkylation sites (N-methyl/N-ethyl adjacent to an activating group) is 1. The smallest absolute Gasteiger partial charge is 0.313 e. The van der Waals surface area contributed by atoms with Crippen molar-refractivity contribution in [1.29, 1.82) is 0 Å². The van der Waals surface area contributed by atoms with E-state index in [1.807, 2.05) is 37.3 Å². The van der Waals surface area contributed by atoms with Crippen LogP contribution in [0.5, 0.6) is 0 Å². The standard InChI is InChI=1S/C21H26N2O4/c1-3-13-11-23(2)9-8-20-14-6-4-5-7-16(14)22-21(20,23)17(25)10-15(13)19(20,12-24)18(26)27/h3-7,15,17,22,24-25H,8-12H2,1-2H3/p+1/b13-3-/t15-,17?,19-,20-,21?,23?/m0/s1. The minimum absolute atomic E-state index is 0.350. The van der Waals surface area contributed by atoms with Crippen LogP contribution in [0, 0.1) is 11.3 Å². The second kappa shape index (κ2) is 4.93. The molecule has 1 spiro atoms. The molecule has 4 fully saturated rings. The van der Waals surface area contributed by atoms with Crippen molar-refractivity contribution in [2.24, 2.45) is 11.3 Å². The Kier molecular flexibility index (Phi) is 3.14. The molecule has 4 bridgehead atoms. The fourth-order valence-corrected chi connectivity index (χ4v) is 7.54. The van der Waals surface area contributed by atoms with Crippen molar-refractivity contribution in [2.45, 2.75) is 36.9 Å². The number of quaternary nitrogens is 1. The van der Waals surface area contributed by atoms with Crippen molar-refractivity contribution < 1.29 is 24.6 Å². The van der Waals surface area contributed by atoms with Gasteiger partial charge in [-0.2, -0.15) is 0 Å². The summed E-state index contributed by atoms with van der Waals surface area (Å²) in [5.41, 5.74) is -0.204. The molecule has 5 aliphatic rings. The second-order valence-electron chi connectivity index (χ2n) is 8.97. The molecular formula is C21H27N2O4+. The van der Waals surface area contributed by atoms with E-state index in [9.17, 15) is 20.1 Å².